The fourth-order valence-electron chi connectivity index (χ4n) is 0.650. The Bertz CT molecular complexity index is 279. The molecule has 0 bridgehead atoms. The molecule has 0 saturated heterocycles. The summed E-state index contributed by atoms with van der Waals surface area (Å²) in [5.41, 5.74) is 0. The zero-order valence-electron chi connectivity index (χ0n) is 6.47. The van der Waals surface area contributed by atoms with Crippen LogP contribution < -0.4 is 0 Å². The molecule has 0 aliphatic rings. The van der Waals surface area contributed by atoms with Crippen molar-refractivity contribution in [3.05, 3.63) is 0 Å². The van der Waals surface area contributed by atoms with Crippen LogP contribution in [-0.4, -0.2) is 40.0 Å². The summed E-state index contributed by atoms with van der Waals surface area (Å²) in [7, 11) is 0. The Kier molecular flexibility index (Phi) is 3.38. The van der Waals surface area contributed by atoms with Gasteiger partial charge in [0.2, 0.25) is 0 Å². The Morgan fingerprint density at radius 3 is 1.54 bits per heavy atom. The van der Waals surface area contributed by atoms with Gasteiger partial charge in [-0.05, 0) is 0 Å². The lowest BCUT2D eigenvalue weighted by atomic mass is 10.4. The minimum atomic E-state index is -1.73. The number of nitrogens with zero attached hydrogens (tertiary/aromatic N) is 3. The number of imide groups is 1. The number of hydrogen-bond donors (Lipinski definition) is 2. The zero-order chi connectivity index (χ0) is 10.5. The molecule has 2 amide bonds. The van der Waals surface area contributed by atoms with Crippen molar-refractivity contribution < 1.29 is 24.3 Å². The highest BCUT2D eigenvalue weighted by molar-refractivity contribution is 5.74. The molecule has 0 unspecified atom stereocenters. The number of nitriles is 2. The van der Waals surface area contributed by atoms with Gasteiger partial charge in [0, 0.05) is 0 Å². The van der Waals surface area contributed by atoms with Crippen LogP contribution in [0.15, 0.2) is 0 Å². The molecule has 2 N–H and O–H groups in total. The molecule has 7 nitrogen and oxygen atoms in total. The number of quaternary nitrogens is 1. The second-order valence-corrected chi connectivity index (χ2v) is 2.17. The van der Waals surface area contributed by atoms with Gasteiger partial charge in [-0.2, -0.15) is 20.1 Å². The van der Waals surface area contributed by atoms with Crippen LogP contribution in [0.5, 0.6) is 0 Å². The van der Waals surface area contributed by atoms with Crippen LogP contribution in [0.2, 0.25) is 0 Å². The first-order valence-corrected chi connectivity index (χ1v) is 3.09. The molecule has 0 aromatic rings. The van der Waals surface area contributed by atoms with E-state index in [4.69, 9.17) is 20.7 Å². The van der Waals surface area contributed by atoms with Crippen molar-refractivity contribution in [3.8, 4) is 12.1 Å². The summed E-state index contributed by atoms with van der Waals surface area (Å²) in [4.78, 5) is 21.1. The number of hydrogen-bond acceptors (Lipinski definition) is 4. The second kappa shape index (κ2) is 4.04. The summed E-state index contributed by atoms with van der Waals surface area (Å²) in [5, 5.41) is 33.5. The van der Waals surface area contributed by atoms with Gasteiger partial charge in [-0.25, -0.2) is 0 Å². The molecule has 0 radical (unpaired) electrons. The molecule has 7 heteroatoms. The molecule has 13 heavy (non-hydrogen) atoms. The summed E-state index contributed by atoms with van der Waals surface area (Å²) in [6.45, 7) is -1.56. The van der Waals surface area contributed by atoms with E-state index in [-0.39, 0.29) is 0 Å². The van der Waals surface area contributed by atoms with Crippen molar-refractivity contribution in [2.45, 2.75) is 0 Å². The Morgan fingerprint density at radius 1 is 1.08 bits per heavy atom. The summed E-state index contributed by atoms with van der Waals surface area (Å²) in [6, 6.07) is 2.83. The molecule has 0 spiro atoms. The minimum absolute atomic E-state index is 0.780. The van der Waals surface area contributed by atoms with Gasteiger partial charge in [-0.15, -0.1) is 0 Å². The second-order valence-electron chi connectivity index (χ2n) is 2.17. The lowest BCUT2D eigenvalue weighted by molar-refractivity contribution is -0.768. The molecule has 0 rings (SSSR count). The Morgan fingerprint density at radius 2 is 1.38 bits per heavy atom. The van der Waals surface area contributed by atoms with Gasteiger partial charge in [0.25, 0.3) is 0 Å². The SMILES string of the molecule is N#CC[N+](CC#N)(C(=O)O)C(=O)O. The third kappa shape index (κ3) is 1.92. The van der Waals surface area contributed by atoms with Crippen molar-refractivity contribution in [3.63, 3.8) is 0 Å². The standard InChI is InChI=1S/C6H5N3O4/c7-1-3-9(4-2-8,5(10)11)6(12)13/h3-4H2,(H-,10,11,12,13)/p+1. The smallest absolute Gasteiger partial charge is 0.435 e. The highest BCUT2D eigenvalue weighted by Gasteiger charge is 2.45. The van der Waals surface area contributed by atoms with Crippen LogP contribution in [0.3, 0.4) is 0 Å². The molecule has 0 heterocycles. The Labute approximate surface area is 73.2 Å². The maximum Gasteiger partial charge on any atom is 0.526 e. The quantitative estimate of drug-likeness (QED) is 0.467. The van der Waals surface area contributed by atoms with Gasteiger partial charge in [0.1, 0.15) is 12.1 Å². The highest BCUT2D eigenvalue weighted by atomic mass is 16.4. The zero-order valence-corrected chi connectivity index (χ0v) is 6.47. The van der Waals surface area contributed by atoms with E-state index >= 15 is 0 Å². The van der Waals surface area contributed by atoms with Crippen LogP contribution in [0.1, 0.15) is 0 Å². The molecule has 0 aromatic carbocycles. The van der Waals surface area contributed by atoms with Crippen LogP contribution in [0.25, 0.3) is 0 Å². The van der Waals surface area contributed by atoms with E-state index in [1.165, 1.54) is 12.1 Å². The monoisotopic (exact) mass is 184 g/mol. The highest BCUT2D eigenvalue weighted by Crippen LogP contribution is 2.07. The van der Waals surface area contributed by atoms with Crippen molar-refractivity contribution >= 4 is 12.2 Å². The lowest BCUT2D eigenvalue weighted by Crippen LogP contribution is -2.56. The summed E-state index contributed by atoms with van der Waals surface area (Å²) >= 11 is 0. The number of rotatable bonds is 2. The summed E-state index contributed by atoms with van der Waals surface area (Å²) in [6.07, 6.45) is -3.45. The number of carbonyl (C=O) groups is 2. The van der Waals surface area contributed by atoms with Crippen molar-refractivity contribution in [2.75, 3.05) is 13.1 Å². The van der Waals surface area contributed by atoms with E-state index in [1.807, 2.05) is 0 Å². The van der Waals surface area contributed by atoms with E-state index in [0.717, 1.165) is 0 Å². The van der Waals surface area contributed by atoms with Crippen LogP contribution in [-0.2, 0) is 0 Å². The first-order chi connectivity index (χ1) is 6.01. The fraction of sp³-hybridized carbons (Fsp3) is 0.333. The van der Waals surface area contributed by atoms with Gasteiger partial charge in [-0.3, -0.25) is 0 Å². The molecule has 0 aromatic heterocycles. The van der Waals surface area contributed by atoms with E-state index in [2.05, 4.69) is 0 Å². The predicted octanol–water partition coefficient (Wildman–Crippen LogP) is 0.206. The number of carboxylic acid groups (broad SMARTS) is 2. The average Bonchev–Trinajstić information content (AvgIpc) is 2.03. The molecular weight excluding hydrogens is 178 g/mol. The van der Waals surface area contributed by atoms with Gasteiger partial charge in [-0.1, -0.05) is 4.48 Å². The third-order valence-electron chi connectivity index (χ3n) is 1.41. The van der Waals surface area contributed by atoms with Crippen LogP contribution >= 0.6 is 0 Å². The summed E-state index contributed by atoms with van der Waals surface area (Å²) < 4.78 is -1.59. The van der Waals surface area contributed by atoms with Crippen LogP contribution in [0, 0.1) is 22.7 Å². The van der Waals surface area contributed by atoms with Crippen LogP contribution in [0.4, 0.5) is 9.59 Å². The normalized spacial score (nSPS) is 9.69. The molecule has 0 atom stereocenters. The molecular formula is C6H6N3O4+. The molecule has 0 saturated carbocycles. The van der Waals surface area contributed by atoms with Crippen molar-refractivity contribution in [1.29, 1.82) is 10.5 Å². The van der Waals surface area contributed by atoms with Gasteiger partial charge >= 0.3 is 12.2 Å². The third-order valence-corrected chi connectivity index (χ3v) is 1.41. The summed E-state index contributed by atoms with van der Waals surface area (Å²) in [5.74, 6) is 0. The minimum Gasteiger partial charge on any atom is -0.435 e. The topological polar surface area (TPSA) is 122 Å². The predicted molar refractivity (Wildman–Crippen MR) is 37.3 cm³/mol. The number of amides is 2. The fourth-order valence-corrected chi connectivity index (χ4v) is 0.650. The maximum absolute atomic E-state index is 10.5. The van der Waals surface area contributed by atoms with Crippen molar-refractivity contribution in [2.24, 2.45) is 0 Å². The van der Waals surface area contributed by atoms with Gasteiger partial charge in [0.15, 0.2) is 13.1 Å². The largest absolute Gasteiger partial charge is 0.526 e. The molecule has 0 aliphatic carbocycles. The van der Waals surface area contributed by atoms with Gasteiger partial charge in [0.05, 0.1) is 0 Å². The van der Waals surface area contributed by atoms with E-state index in [1.54, 1.807) is 0 Å². The molecule has 68 valence electrons. The first kappa shape index (κ1) is 10.9. The Balaban J connectivity index is 5.09. The Hall–Kier alpha value is -2.12. The maximum atomic E-state index is 10.5. The molecule has 0 fully saturated rings. The van der Waals surface area contributed by atoms with E-state index in [0.29, 0.717) is 0 Å². The van der Waals surface area contributed by atoms with Gasteiger partial charge < -0.3 is 10.2 Å². The van der Waals surface area contributed by atoms with E-state index in [9.17, 15) is 9.59 Å². The molecule has 0 aliphatic heterocycles. The lowest BCUT2D eigenvalue weighted by Gasteiger charge is -2.19. The average molecular weight is 184 g/mol. The first-order valence-electron chi connectivity index (χ1n) is 3.09. The van der Waals surface area contributed by atoms with Crippen molar-refractivity contribution in [1.82, 2.24) is 0 Å². The van der Waals surface area contributed by atoms with E-state index < -0.39 is 29.8 Å².